The number of methoxy groups -OCH3 is 1. The number of carbonyl (C=O) groups is 1. The van der Waals surface area contributed by atoms with E-state index in [2.05, 4.69) is 9.27 Å². The molecule has 0 aliphatic rings. The molecular weight excluding hydrogens is 274 g/mol. The Hall–Kier alpha value is -2.08. The second-order valence-corrected chi connectivity index (χ2v) is 4.99. The summed E-state index contributed by atoms with van der Waals surface area (Å²) < 4.78 is 8.86. The third-order valence-corrected chi connectivity index (χ3v) is 3.90. The standard InChI is InChI=1S/C14H17N3O2S/c1-3-17(9-10-7-5-4-6-8-10)13-11(14(18)19-2)12(15)16-20-13/h4-8H,3,9H2,1-2H3,(H2,15,16). The van der Waals surface area contributed by atoms with Gasteiger partial charge in [0.2, 0.25) is 0 Å². The molecule has 0 spiro atoms. The molecule has 0 radical (unpaired) electrons. The van der Waals surface area contributed by atoms with Gasteiger partial charge < -0.3 is 15.4 Å². The molecule has 0 atom stereocenters. The van der Waals surface area contributed by atoms with Crippen LogP contribution in [0.15, 0.2) is 30.3 Å². The molecule has 0 saturated heterocycles. The predicted molar refractivity (Wildman–Crippen MR) is 81.0 cm³/mol. The molecule has 0 unspecified atom stereocenters. The maximum absolute atomic E-state index is 11.8. The highest BCUT2D eigenvalue weighted by Crippen LogP contribution is 2.32. The lowest BCUT2D eigenvalue weighted by Gasteiger charge is -2.21. The quantitative estimate of drug-likeness (QED) is 0.857. The summed E-state index contributed by atoms with van der Waals surface area (Å²) in [6.45, 7) is 3.48. The number of ether oxygens (including phenoxy) is 1. The summed E-state index contributed by atoms with van der Waals surface area (Å²) in [7, 11) is 1.34. The van der Waals surface area contributed by atoms with Gasteiger partial charge in [0, 0.05) is 13.1 Å². The molecule has 5 nitrogen and oxygen atoms in total. The van der Waals surface area contributed by atoms with Crippen LogP contribution < -0.4 is 10.6 Å². The molecule has 0 amide bonds. The minimum absolute atomic E-state index is 0.225. The van der Waals surface area contributed by atoms with Crippen LogP contribution in [0.1, 0.15) is 22.8 Å². The number of nitrogens with zero attached hydrogens (tertiary/aromatic N) is 2. The molecule has 20 heavy (non-hydrogen) atoms. The van der Waals surface area contributed by atoms with Gasteiger partial charge in [-0.05, 0) is 24.0 Å². The SMILES string of the molecule is CCN(Cc1ccccc1)c1snc(N)c1C(=O)OC. The zero-order valence-corrected chi connectivity index (χ0v) is 12.3. The molecule has 6 heteroatoms. The number of hydrogen-bond acceptors (Lipinski definition) is 6. The number of nitrogen functional groups attached to an aromatic ring is 1. The molecule has 2 N–H and O–H groups in total. The van der Waals surface area contributed by atoms with Crippen LogP contribution in [-0.2, 0) is 11.3 Å². The minimum atomic E-state index is -0.447. The van der Waals surface area contributed by atoms with Gasteiger partial charge in [0.25, 0.3) is 0 Å². The normalized spacial score (nSPS) is 10.3. The van der Waals surface area contributed by atoms with Gasteiger partial charge in [-0.25, -0.2) is 4.79 Å². The maximum atomic E-state index is 11.8. The van der Waals surface area contributed by atoms with Gasteiger partial charge in [0.15, 0.2) is 5.82 Å². The Kier molecular flexibility index (Phi) is 4.57. The molecule has 1 heterocycles. The Morgan fingerprint density at radius 1 is 1.40 bits per heavy atom. The van der Waals surface area contributed by atoms with E-state index < -0.39 is 5.97 Å². The zero-order chi connectivity index (χ0) is 14.5. The number of anilines is 2. The van der Waals surface area contributed by atoms with E-state index in [9.17, 15) is 4.79 Å². The first-order valence-electron chi connectivity index (χ1n) is 6.29. The first-order valence-corrected chi connectivity index (χ1v) is 7.07. The van der Waals surface area contributed by atoms with E-state index in [4.69, 9.17) is 10.5 Å². The highest BCUT2D eigenvalue weighted by molar-refractivity contribution is 7.11. The number of aromatic nitrogens is 1. The Bertz CT molecular complexity index is 583. The van der Waals surface area contributed by atoms with Gasteiger partial charge in [0.05, 0.1) is 7.11 Å². The van der Waals surface area contributed by atoms with E-state index in [0.29, 0.717) is 12.1 Å². The van der Waals surface area contributed by atoms with E-state index in [0.717, 1.165) is 17.1 Å². The molecule has 2 aromatic rings. The molecule has 1 aromatic heterocycles. The molecule has 2 rings (SSSR count). The van der Waals surface area contributed by atoms with Crippen LogP contribution in [0.25, 0.3) is 0 Å². The zero-order valence-electron chi connectivity index (χ0n) is 11.5. The average Bonchev–Trinajstić information content (AvgIpc) is 2.86. The molecule has 0 bridgehead atoms. The largest absolute Gasteiger partial charge is 0.465 e. The summed E-state index contributed by atoms with van der Waals surface area (Å²) in [5.41, 5.74) is 7.30. The van der Waals surface area contributed by atoms with E-state index in [-0.39, 0.29) is 5.82 Å². The van der Waals surface area contributed by atoms with Crippen LogP contribution in [0.2, 0.25) is 0 Å². The van der Waals surface area contributed by atoms with Gasteiger partial charge in [-0.15, -0.1) is 0 Å². The highest BCUT2D eigenvalue weighted by Gasteiger charge is 2.23. The van der Waals surface area contributed by atoms with Crippen LogP contribution in [0.5, 0.6) is 0 Å². The molecule has 0 aliphatic carbocycles. The fourth-order valence-corrected chi connectivity index (χ4v) is 2.80. The number of benzene rings is 1. The second kappa shape index (κ2) is 6.38. The summed E-state index contributed by atoms with van der Waals surface area (Å²) >= 11 is 1.22. The molecule has 0 saturated carbocycles. The van der Waals surface area contributed by atoms with Crippen molar-refractivity contribution in [2.45, 2.75) is 13.5 Å². The fraction of sp³-hybridized carbons (Fsp3) is 0.286. The summed E-state index contributed by atoms with van der Waals surface area (Å²) in [5, 5.41) is 0.751. The number of rotatable bonds is 5. The van der Waals surface area contributed by atoms with E-state index in [1.165, 1.54) is 18.6 Å². The third kappa shape index (κ3) is 2.91. The van der Waals surface area contributed by atoms with E-state index in [1.54, 1.807) is 0 Å². The van der Waals surface area contributed by atoms with Crippen molar-refractivity contribution in [2.24, 2.45) is 0 Å². The van der Waals surface area contributed by atoms with Gasteiger partial charge in [-0.3, -0.25) is 0 Å². The van der Waals surface area contributed by atoms with Crippen molar-refractivity contribution in [3.8, 4) is 0 Å². The van der Waals surface area contributed by atoms with Crippen molar-refractivity contribution < 1.29 is 9.53 Å². The summed E-state index contributed by atoms with van der Waals surface area (Å²) in [6, 6.07) is 10.1. The van der Waals surface area contributed by atoms with Crippen molar-refractivity contribution in [1.29, 1.82) is 0 Å². The van der Waals surface area contributed by atoms with Crippen molar-refractivity contribution >= 4 is 28.3 Å². The van der Waals surface area contributed by atoms with Crippen LogP contribution >= 0.6 is 11.5 Å². The topological polar surface area (TPSA) is 68.5 Å². The van der Waals surface area contributed by atoms with Crippen molar-refractivity contribution in [1.82, 2.24) is 4.37 Å². The summed E-state index contributed by atoms with van der Waals surface area (Å²) in [6.07, 6.45) is 0. The lowest BCUT2D eigenvalue weighted by molar-refractivity contribution is 0.0603. The highest BCUT2D eigenvalue weighted by atomic mass is 32.1. The van der Waals surface area contributed by atoms with Crippen LogP contribution in [0, 0.1) is 0 Å². The van der Waals surface area contributed by atoms with Crippen LogP contribution in [0.3, 0.4) is 0 Å². The van der Waals surface area contributed by atoms with Crippen molar-refractivity contribution in [2.75, 3.05) is 24.3 Å². The molecular formula is C14H17N3O2S. The smallest absolute Gasteiger partial charge is 0.344 e. The first-order chi connectivity index (χ1) is 9.67. The molecule has 1 aromatic carbocycles. The molecule has 0 aliphatic heterocycles. The number of nitrogens with two attached hydrogens (primary N) is 1. The Morgan fingerprint density at radius 3 is 2.70 bits per heavy atom. The second-order valence-electron chi connectivity index (χ2n) is 4.24. The lowest BCUT2D eigenvalue weighted by Crippen LogP contribution is -2.23. The fourth-order valence-electron chi connectivity index (χ4n) is 1.93. The van der Waals surface area contributed by atoms with Gasteiger partial charge in [-0.2, -0.15) is 4.37 Å². The van der Waals surface area contributed by atoms with Crippen molar-refractivity contribution in [3.63, 3.8) is 0 Å². The van der Waals surface area contributed by atoms with Crippen LogP contribution in [0.4, 0.5) is 10.8 Å². The number of hydrogen-bond donors (Lipinski definition) is 1. The van der Waals surface area contributed by atoms with E-state index >= 15 is 0 Å². The van der Waals surface area contributed by atoms with Gasteiger partial charge in [-0.1, -0.05) is 30.3 Å². The number of carbonyl (C=O) groups excluding carboxylic acids is 1. The Morgan fingerprint density at radius 2 is 2.10 bits per heavy atom. The monoisotopic (exact) mass is 291 g/mol. The average molecular weight is 291 g/mol. The molecule has 0 fully saturated rings. The Labute approximate surface area is 122 Å². The van der Waals surface area contributed by atoms with Gasteiger partial charge >= 0.3 is 5.97 Å². The summed E-state index contributed by atoms with van der Waals surface area (Å²) in [4.78, 5) is 13.9. The predicted octanol–water partition coefficient (Wildman–Crippen LogP) is 2.54. The maximum Gasteiger partial charge on any atom is 0.344 e. The lowest BCUT2D eigenvalue weighted by atomic mass is 10.2. The minimum Gasteiger partial charge on any atom is -0.465 e. The first kappa shape index (κ1) is 14.3. The number of esters is 1. The Balaban J connectivity index is 2.31. The van der Waals surface area contributed by atoms with Crippen LogP contribution in [-0.4, -0.2) is 24.0 Å². The van der Waals surface area contributed by atoms with E-state index in [1.807, 2.05) is 37.3 Å². The molecule has 106 valence electrons. The third-order valence-electron chi connectivity index (χ3n) is 2.98. The van der Waals surface area contributed by atoms with Crippen molar-refractivity contribution in [3.05, 3.63) is 41.5 Å². The summed E-state index contributed by atoms with van der Waals surface area (Å²) in [5.74, 6) is -0.221. The van der Waals surface area contributed by atoms with Gasteiger partial charge in [0.1, 0.15) is 10.6 Å².